The molecule has 0 atom stereocenters. The molecule has 0 fully saturated rings. The van der Waals surface area contributed by atoms with Crippen LogP contribution in [0.1, 0.15) is 12.0 Å². The van der Waals surface area contributed by atoms with Gasteiger partial charge in [-0.2, -0.15) is 0 Å². The van der Waals surface area contributed by atoms with Crippen molar-refractivity contribution in [2.45, 2.75) is 13.0 Å². The number of carbonyl (C=O) groups is 2. The Bertz CT molecular complexity index is 321. The fourth-order valence-corrected chi connectivity index (χ4v) is 0.990. The van der Waals surface area contributed by atoms with E-state index in [1.807, 2.05) is 30.3 Å². The molecule has 1 aromatic rings. The van der Waals surface area contributed by atoms with Crippen molar-refractivity contribution in [1.82, 2.24) is 5.32 Å². The number of rotatable bonds is 4. The predicted molar refractivity (Wildman–Crippen MR) is 47.9 cm³/mol. The molecule has 1 N–H and O–H groups in total. The molecule has 0 saturated carbocycles. The van der Waals surface area contributed by atoms with Gasteiger partial charge in [0.1, 0.15) is 0 Å². The molecule has 1 rings (SSSR count). The molecule has 0 unspecified atom stereocenters. The number of amides is 1. The molecule has 0 bridgehead atoms. The first-order valence-corrected chi connectivity index (χ1v) is 4.19. The zero-order valence-corrected chi connectivity index (χ0v) is 7.53. The van der Waals surface area contributed by atoms with E-state index in [1.165, 1.54) is 0 Å². The predicted octanol–water partition coefficient (Wildman–Crippen LogP) is -0.557. The molecule has 0 aliphatic heterocycles. The third kappa shape index (κ3) is 3.71. The van der Waals surface area contributed by atoms with Gasteiger partial charge in [0.25, 0.3) is 0 Å². The molecule has 1 aromatic carbocycles. The van der Waals surface area contributed by atoms with Gasteiger partial charge < -0.3 is 15.2 Å². The number of hydrogen-bond acceptors (Lipinski definition) is 3. The highest BCUT2D eigenvalue weighted by Crippen LogP contribution is 1.97. The van der Waals surface area contributed by atoms with Crippen LogP contribution in [0.25, 0.3) is 0 Å². The largest absolute Gasteiger partial charge is 0.550 e. The first-order valence-electron chi connectivity index (χ1n) is 4.19. The molecule has 0 heterocycles. The summed E-state index contributed by atoms with van der Waals surface area (Å²) < 4.78 is 0. The number of hydrogen-bond donors (Lipinski definition) is 1. The van der Waals surface area contributed by atoms with E-state index < -0.39 is 18.3 Å². The first kappa shape index (κ1) is 10.2. The molecule has 74 valence electrons. The molecule has 4 nitrogen and oxygen atoms in total. The van der Waals surface area contributed by atoms with Crippen LogP contribution < -0.4 is 10.4 Å². The second kappa shape index (κ2) is 5.01. The molecular weight excluding hydrogens is 182 g/mol. The zero-order chi connectivity index (χ0) is 10.4. The van der Waals surface area contributed by atoms with Gasteiger partial charge in [0, 0.05) is 6.54 Å². The van der Waals surface area contributed by atoms with Crippen LogP contribution in [-0.4, -0.2) is 11.9 Å². The highest BCUT2D eigenvalue weighted by Gasteiger charge is 2.00. The number of nitrogens with one attached hydrogen (secondary N) is 1. The minimum atomic E-state index is -1.37. The Morgan fingerprint density at radius 1 is 1.21 bits per heavy atom. The number of aliphatic carboxylic acids is 1. The monoisotopic (exact) mass is 192 g/mol. The first-order chi connectivity index (χ1) is 6.68. The average Bonchev–Trinajstić information content (AvgIpc) is 2.15. The van der Waals surface area contributed by atoms with Crippen LogP contribution in [0.5, 0.6) is 0 Å². The van der Waals surface area contributed by atoms with Gasteiger partial charge in [-0.05, 0) is 5.56 Å². The van der Waals surface area contributed by atoms with E-state index in [0.29, 0.717) is 6.54 Å². The van der Waals surface area contributed by atoms with Crippen LogP contribution in [0.3, 0.4) is 0 Å². The summed E-state index contributed by atoms with van der Waals surface area (Å²) in [5.74, 6) is -1.90. The van der Waals surface area contributed by atoms with E-state index in [2.05, 4.69) is 5.32 Å². The van der Waals surface area contributed by atoms with Crippen LogP contribution in [-0.2, 0) is 16.1 Å². The Morgan fingerprint density at radius 3 is 2.43 bits per heavy atom. The van der Waals surface area contributed by atoms with Crippen molar-refractivity contribution >= 4 is 11.9 Å². The van der Waals surface area contributed by atoms with Crippen molar-refractivity contribution < 1.29 is 14.7 Å². The van der Waals surface area contributed by atoms with E-state index >= 15 is 0 Å². The van der Waals surface area contributed by atoms with Crippen molar-refractivity contribution in [1.29, 1.82) is 0 Å². The normalized spacial score (nSPS) is 9.43. The van der Waals surface area contributed by atoms with Gasteiger partial charge in [-0.15, -0.1) is 0 Å². The zero-order valence-electron chi connectivity index (χ0n) is 7.53. The Kier molecular flexibility index (Phi) is 3.67. The highest BCUT2D eigenvalue weighted by molar-refractivity contribution is 5.92. The second-order valence-electron chi connectivity index (χ2n) is 2.81. The number of carbonyl (C=O) groups excluding carboxylic acids is 2. The molecule has 1 amide bonds. The van der Waals surface area contributed by atoms with Crippen LogP contribution in [0.4, 0.5) is 0 Å². The maximum atomic E-state index is 10.9. The van der Waals surface area contributed by atoms with Gasteiger partial charge in [-0.3, -0.25) is 4.79 Å². The summed E-state index contributed by atoms with van der Waals surface area (Å²) >= 11 is 0. The van der Waals surface area contributed by atoms with E-state index in [9.17, 15) is 14.7 Å². The summed E-state index contributed by atoms with van der Waals surface area (Å²) in [6, 6.07) is 9.26. The standard InChI is InChI=1S/C10H11NO3/c12-9(6-10(13)14)11-7-8-4-2-1-3-5-8/h1-5H,6-7H2,(H,11,12)(H,13,14)/p-1. The number of carboxylic acid groups (broad SMARTS) is 1. The van der Waals surface area contributed by atoms with Gasteiger partial charge in [0.15, 0.2) is 0 Å². The number of carboxylic acids is 1. The van der Waals surface area contributed by atoms with E-state index in [-0.39, 0.29) is 0 Å². The summed E-state index contributed by atoms with van der Waals surface area (Å²) in [6.45, 7) is 0.340. The third-order valence-electron chi connectivity index (χ3n) is 1.64. The van der Waals surface area contributed by atoms with Gasteiger partial charge >= 0.3 is 0 Å². The Balaban J connectivity index is 2.34. The van der Waals surface area contributed by atoms with Crippen molar-refractivity contribution in [3.05, 3.63) is 35.9 Å². The molecule has 0 aliphatic rings. The van der Waals surface area contributed by atoms with Crippen LogP contribution in [0.15, 0.2) is 30.3 Å². The summed E-state index contributed by atoms with van der Waals surface area (Å²) in [4.78, 5) is 20.9. The van der Waals surface area contributed by atoms with Crippen molar-refractivity contribution in [3.63, 3.8) is 0 Å². The Hall–Kier alpha value is -1.84. The molecule has 0 aromatic heterocycles. The summed E-state index contributed by atoms with van der Waals surface area (Å²) in [6.07, 6.45) is -0.590. The number of benzene rings is 1. The smallest absolute Gasteiger partial charge is 0.225 e. The lowest BCUT2D eigenvalue weighted by Gasteiger charge is -2.05. The van der Waals surface area contributed by atoms with Crippen molar-refractivity contribution in [2.24, 2.45) is 0 Å². The SMILES string of the molecule is O=C([O-])CC(=O)NCc1ccccc1. The molecule has 4 heteroatoms. The lowest BCUT2D eigenvalue weighted by molar-refractivity contribution is -0.304. The fourth-order valence-electron chi connectivity index (χ4n) is 0.990. The molecular formula is C10H10NO3-. The minimum absolute atomic E-state index is 0.340. The Labute approximate surface area is 81.6 Å². The highest BCUT2D eigenvalue weighted by atomic mass is 16.4. The second-order valence-corrected chi connectivity index (χ2v) is 2.81. The molecule has 0 spiro atoms. The third-order valence-corrected chi connectivity index (χ3v) is 1.64. The van der Waals surface area contributed by atoms with Crippen LogP contribution in [0, 0.1) is 0 Å². The topological polar surface area (TPSA) is 69.2 Å². The van der Waals surface area contributed by atoms with E-state index in [4.69, 9.17) is 0 Å². The average molecular weight is 192 g/mol. The van der Waals surface area contributed by atoms with E-state index in [0.717, 1.165) is 5.56 Å². The maximum absolute atomic E-state index is 10.9. The summed E-state index contributed by atoms with van der Waals surface area (Å²) in [7, 11) is 0. The van der Waals surface area contributed by atoms with Crippen molar-refractivity contribution in [3.8, 4) is 0 Å². The van der Waals surface area contributed by atoms with Crippen LogP contribution in [0.2, 0.25) is 0 Å². The fraction of sp³-hybridized carbons (Fsp3) is 0.200. The summed E-state index contributed by atoms with van der Waals surface area (Å²) in [5, 5.41) is 12.5. The molecule has 0 saturated heterocycles. The quantitative estimate of drug-likeness (QED) is 0.650. The molecule has 14 heavy (non-hydrogen) atoms. The Morgan fingerprint density at radius 2 is 1.86 bits per heavy atom. The van der Waals surface area contributed by atoms with Gasteiger partial charge in [0.2, 0.25) is 5.91 Å². The maximum Gasteiger partial charge on any atom is 0.225 e. The van der Waals surface area contributed by atoms with Gasteiger partial charge in [0.05, 0.1) is 12.4 Å². The molecule has 0 aliphatic carbocycles. The minimum Gasteiger partial charge on any atom is -0.550 e. The van der Waals surface area contributed by atoms with Crippen LogP contribution >= 0.6 is 0 Å². The van der Waals surface area contributed by atoms with Gasteiger partial charge in [-0.25, -0.2) is 0 Å². The van der Waals surface area contributed by atoms with Crippen molar-refractivity contribution in [2.75, 3.05) is 0 Å². The summed E-state index contributed by atoms with van der Waals surface area (Å²) in [5.41, 5.74) is 0.930. The van der Waals surface area contributed by atoms with Gasteiger partial charge in [-0.1, -0.05) is 30.3 Å². The lowest BCUT2D eigenvalue weighted by atomic mass is 10.2. The van der Waals surface area contributed by atoms with E-state index in [1.54, 1.807) is 0 Å². The molecule has 0 radical (unpaired) electrons. The lowest BCUT2D eigenvalue weighted by Crippen LogP contribution is -2.31.